The summed E-state index contributed by atoms with van der Waals surface area (Å²) in [4.78, 5) is 37.1. The van der Waals surface area contributed by atoms with Gasteiger partial charge < -0.3 is 20.3 Å². The van der Waals surface area contributed by atoms with E-state index in [1.165, 1.54) is 38.4 Å². The summed E-state index contributed by atoms with van der Waals surface area (Å²) in [6, 6.07) is 2.21. The number of hydrogen-bond donors (Lipinski definition) is 3. The minimum absolute atomic E-state index is 0.1000. The molecular weight excluding hydrogens is 494 g/mol. The standard InChI is InChI=1S/C19H29N2O11P2/c1-5-13(2)15(20)16(22)28-11-18(3,4)17(23)29-12-30-34(27)32-19(24,31-33(25)26)9-14-7-6-8-21-10-14/h6-8,10,13,15,24H,5,9,11-12,20H2,1-4H3/q+1/p+1/t13-,15-,19?/m0/s1. The average Bonchev–Trinajstić information content (AvgIpc) is 2.75. The first-order valence-corrected chi connectivity index (χ1v) is 12.4. The normalized spacial score (nSPS) is 16.1. The molecule has 0 aliphatic rings. The molecule has 0 fully saturated rings. The van der Waals surface area contributed by atoms with Gasteiger partial charge in [-0.3, -0.25) is 14.6 Å². The Morgan fingerprint density at radius 2 is 1.91 bits per heavy atom. The van der Waals surface area contributed by atoms with Crippen molar-refractivity contribution in [1.29, 1.82) is 0 Å². The van der Waals surface area contributed by atoms with Gasteiger partial charge in [-0.2, -0.15) is 0 Å². The lowest BCUT2D eigenvalue weighted by Gasteiger charge is -2.23. The van der Waals surface area contributed by atoms with Crippen molar-refractivity contribution in [1.82, 2.24) is 4.98 Å². The molecule has 0 saturated carbocycles. The molecule has 0 saturated heterocycles. The number of nitrogens with zero attached hydrogens (tertiary/aromatic N) is 1. The lowest BCUT2D eigenvalue weighted by atomic mass is 9.95. The third-order valence-electron chi connectivity index (χ3n) is 4.59. The van der Waals surface area contributed by atoms with E-state index in [0.29, 0.717) is 12.0 Å². The summed E-state index contributed by atoms with van der Waals surface area (Å²) in [5, 5.41) is 10.3. The Bertz CT molecular complexity index is 856. The van der Waals surface area contributed by atoms with Crippen LogP contribution >= 0.6 is 16.5 Å². The van der Waals surface area contributed by atoms with Gasteiger partial charge in [-0.25, -0.2) is 0 Å². The molecule has 1 heterocycles. The quantitative estimate of drug-likeness (QED) is 0.172. The Hall–Kier alpha value is -1.95. The van der Waals surface area contributed by atoms with Crippen LogP contribution in [0.4, 0.5) is 0 Å². The Kier molecular flexibility index (Phi) is 12.2. The van der Waals surface area contributed by atoms with Gasteiger partial charge in [-0.15, -0.1) is 4.89 Å². The predicted molar refractivity (Wildman–Crippen MR) is 117 cm³/mol. The second kappa shape index (κ2) is 13.8. The van der Waals surface area contributed by atoms with E-state index in [9.17, 15) is 23.8 Å². The zero-order chi connectivity index (χ0) is 25.9. The fourth-order valence-electron chi connectivity index (χ4n) is 2.32. The smallest absolute Gasteiger partial charge is 0.463 e. The minimum Gasteiger partial charge on any atom is -0.463 e. The number of esters is 2. The van der Waals surface area contributed by atoms with E-state index in [4.69, 9.17) is 29.1 Å². The molecule has 0 radical (unpaired) electrons. The molecule has 1 aromatic rings. The molecule has 0 bridgehead atoms. The number of rotatable bonds is 15. The van der Waals surface area contributed by atoms with Crippen molar-refractivity contribution >= 4 is 28.4 Å². The topological polar surface area (TPSA) is 194 Å². The van der Waals surface area contributed by atoms with Gasteiger partial charge in [0.1, 0.15) is 12.6 Å². The van der Waals surface area contributed by atoms with Crippen LogP contribution in [-0.2, 0) is 48.2 Å². The van der Waals surface area contributed by atoms with E-state index in [-0.39, 0.29) is 12.5 Å². The van der Waals surface area contributed by atoms with Gasteiger partial charge in [0.15, 0.2) is 0 Å². The number of carbonyl (C=O) groups excluding carboxylic acids is 2. The van der Waals surface area contributed by atoms with Gasteiger partial charge in [0.25, 0.3) is 0 Å². The molecule has 0 spiro atoms. The van der Waals surface area contributed by atoms with Crippen LogP contribution in [0.3, 0.4) is 0 Å². The number of ether oxygens (including phenoxy) is 2. The highest BCUT2D eigenvalue weighted by atomic mass is 31.1. The average molecular weight is 524 g/mol. The number of hydrogen-bond acceptors (Lipinski definition) is 12. The first-order chi connectivity index (χ1) is 15.8. The summed E-state index contributed by atoms with van der Waals surface area (Å²) < 4.78 is 46.9. The second-order valence-electron chi connectivity index (χ2n) is 7.98. The van der Waals surface area contributed by atoms with Crippen molar-refractivity contribution < 1.29 is 51.8 Å². The molecule has 15 heteroatoms. The Balaban J connectivity index is 2.57. The molecular formula is C19H30N2O11P2+2. The van der Waals surface area contributed by atoms with Gasteiger partial charge in [0.2, 0.25) is 6.79 Å². The maximum atomic E-state index is 12.3. The molecule has 3 unspecified atom stereocenters. The zero-order valence-electron chi connectivity index (χ0n) is 19.3. The first-order valence-electron chi connectivity index (χ1n) is 10.1. The van der Waals surface area contributed by atoms with E-state index >= 15 is 0 Å². The highest BCUT2D eigenvalue weighted by molar-refractivity contribution is 7.33. The zero-order valence-corrected chi connectivity index (χ0v) is 21.1. The summed E-state index contributed by atoms with van der Waals surface area (Å²) >= 11 is 0. The van der Waals surface area contributed by atoms with Crippen molar-refractivity contribution in [3.05, 3.63) is 30.1 Å². The molecule has 0 aromatic carbocycles. The number of aromatic nitrogens is 1. The van der Waals surface area contributed by atoms with Gasteiger partial charge >= 0.3 is 34.4 Å². The number of aliphatic hydroxyl groups is 1. The Morgan fingerprint density at radius 3 is 2.47 bits per heavy atom. The fraction of sp³-hybridized carbons (Fsp3) is 0.632. The highest BCUT2D eigenvalue weighted by Crippen LogP contribution is 2.37. The van der Waals surface area contributed by atoms with E-state index in [1.807, 2.05) is 6.92 Å². The second-order valence-corrected chi connectivity index (χ2v) is 9.52. The van der Waals surface area contributed by atoms with Crippen molar-refractivity contribution in [3.63, 3.8) is 0 Å². The summed E-state index contributed by atoms with van der Waals surface area (Å²) in [6.45, 7) is 5.40. The Morgan fingerprint density at radius 1 is 1.24 bits per heavy atom. The van der Waals surface area contributed by atoms with Gasteiger partial charge in [-0.05, 0) is 40.4 Å². The lowest BCUT2D eigenvalue weighted by Crippen LogP contribution is -2.41. The summed E-state index contributed by atoms with van der Waals surface area (Å²) in [6.07, 6.45) is 2.94. The molecule has 1 rings (SSSR count). The van der Waals surface area contributed by atoms with Crippen LogP contribution in [0, 0.1) is 11.3 Å². The molecule has 4 N–H and O–H groups in total. The van der Waals surface area contributed by atoms with Crippen molar-refractivity contribution in [2.75, 3.05) is 13.4 Å². The van der Waals surface area contributed by atoms with Crippen LogP contribution in [0.5, 0.6) is 0 Å². The van der Waals surface area contributed by atoms with Crippen molar-refractivity contribution in [2.24, 2.45) is 17.1 Å². The van der Waals surface area contributed by atoms with Crippen molar-refractivity contribution in [2.45, 2.75) is 52.6 Å². The molecule has 0 aliphatic heterocycles. The molecule has 13 nitrogen and oxygen atoms in total. The summed E-state index contributed by atoms with van der Waals surface area (Å²) in [7, 11) is -6.50. The minimum atomic E-state index is -3.34. The molecule has 5 atom stereocenters. The van der Waals surface area contributed by atoms with E-state index < -0.39 is 59.1 Å². The molecule has 1 aromatic heterocycles. The highest BCUT2D eigenvalue weighted by Gasteiger charge is 2.49. The van der Waals surface area contributed by atoms with Gasteiger partial charge in [-0.1, -0.05) is 30.9 Å². The van der Waals surface area contributed by atoms with Gasteiger partial charge in [0, 0.05) is 21.5 Å². The van der Waals surface area contributed by atoms with E-state index in [2.05, 4.69) is 9.51 Å². The third-order valence-corrected chi connectivity index (χ3v) is 5.79. The van der Waals surface area contributed by atoms with Crippen LogP contribution in [-0.4, -0.2) is 52.3 Å². The van der Waals surface area contributed by atoms with Crippen LogP contribution in [0.2, 0.25) is 0 Å². The predicted octanol–water partition coefficient (Wildman–Crippen LogP) is 2.07. The van der Waals surface area contributed by atoms with Crippen molar-refractivity contribution in [3.8, 4) is 0 Å². The molecule has 0 aliphatic carbocycles. The number of nitrogens with two attached hydrogens (primary N) is 1. The van der Waals surface area contributed by atoms with E-state index in [0.717, 1.165) is 0 Å². The number of carbonyl (C=O) groups is 2. The SMILES string of the molecule is CC[C@H](C)[C@H](N)C(=O)OCC(C)(C)C(=O)OCO[P+](=O)OC(O)(Cc1cccnc1)O[P+](=O)O. The third kappa shape index (κ3) is 10.5. The lowest BCUT2D eigenvalue weighted by molar-refractivity contribution is -0.273. The maximum Gasteiger partial charge on any atom is 0.706 e. The number of pyridine rings is 1. The first kappa shape index (κ1) is 30.1. The summed E-state index contributed by atoms with van der Waals surface area (Å²) in [5.41, 5.74) is 4.85. The molecule has 0 amide bonds. The maximum absolute atomic E-state index is 12.3. The van der Waals surface area contributed by atoms with Crippen LogP contribution in [0.1, 0.15) is 39.7 Å². The fourth-order valence-corrected chi connectivity index (χ4v) is 3.25. The largest absolute Gasteiger partial charge is 0.706 e. The molecule has 34 heavy (non-hydrogen) atoms. The monoisotopic (exact) mass is 524 g/mol. The van der Waals surface area contributed by atoms with E-state index in [1.54, 1.807) is 6.92 Å². The van der Waals surface area contributed by atoms with Gasteiger partial charge in [0.05, 0.1) is 11.8 Å². The van der Waals surface area contributed by atoms with Crippen LogP contribution < -0.4 is 5.73 Å². The van der Waals surface area contributed by atoms with Crippen LogP contribution in [0.15, 0.2) is 24.5 Å². The Labute approximate surface area is 198 Å². The summed E-state index contributed by atoms with van der Waals surface area (Å²) in [5.74, 6) is -4.39. The molecule has 190 valence electrons. The van der Waals surface area contributed by atoms with Crippen LogP contribution in [0.25, 0.3) is 0 Å².